The summed E-state index contributed by atoms with van der Waals surface area (Å²) in [6.07, 6.45) is -0.536. The molecule has 0 aliphatic heterocycles. The minimum atomic E-state index is -0.536. The Labute approximate surface area is 108 Å². The summed E-state index contributed by atoms with van der Waals surface area (Å²) in [6.45, 7) is 7.92. The highest BCUT2D eigenvalue weighted by Crippen LogP contribution is 2.21. The zero-order valence-electron chi connectivity index (χ0n) is 11.4. The smallest absolute Gasteiger partial charge is 0.315 e. The molecule has 1 unspecified atom stereocenters. The third-order valence-corrected chi connectivity index (χ3v) is 2.88. The van der Waals surface area contributed by atoms with Crippen LogP contribution >= 0.6 is 0 Å². The molecule has 3 N–H and O–H groups in total. The number of carbonyl (C=O) groups is 1. The molecule has 0 saturated carbocycles. The minimum absolute atomic E-state index is 0.0554. The largest absolute Gasteiger partial charge is 0.392 e. The lowest BCUT2D eigenvalue weighted by molar-refractivity contribution is 0.187. The van der Waals surface area contributed by atoms with Crippen LogP contribution in [0.4, 0.5) is 4.79 Å². The fraction of sp³-hybridized carbons (Fsp3) is 0.500. The fourth-order valence-corrected chi connectivity index (χ4v) is 2.07. The number of urea groups is 1. The van der Waals surface area contributed by atoms with E-state index in [1.807, 2.05) is 39.0 Å². The summed E-state index contributed by atoms with van der Waals surface area (Å²) in [5.41, 5.74) is 3.47. The van der Waals surface area contributed by atoms with E-state index < -0.39 is 6.10 Å². The van der Waals surface area contributed by atoms with Crippen LogP contribution in [0.3, 0.4) is 0 Å². The zero-order chi connectivity index (χ0) is 13.7. The van der Waals surface area contributed by atoms with Gasteiger partial charge in [-0.3, -0.25) is 0 Å². The van der Waals surface area contributed by atoms with Crippen molar-refractivity contribution < 1.29 is 9.90 Å². The Bertz CT molecular complexity index is 396. The highest BCUT2D eigenvalue weighted by Gasteiger charge is 2.13. The molecule has 0 aliphatic carbocycles. The summed E-state index contributed by atoms with van der Waals surface area (Å²) in [5.74, 6) is 0. The topological polar surface area (TPSA) is 61.4 Å². The summed E-state index contributed by atoms with van der Waals surface area (Å²) in [5, 5.41) is 14.6. The maximum absolute atomic E-state index is 11.6. The van der Waals surface area contributed by atoms with Crippen LogP contribution < -0.4 is 10.6 Å². The predicted molar refractivity (Wildman–Crippen MR) is 72.5 cm³/mol. The molecule has 0 heterocycles. The number of amides is 2. The molecule has 0 bridgehead atoms. The van der Waals surface area contributed by atoms with Gasteiger partial charge in [0.25, 0.3) is 0 Å². The normalized spacial score (nSPS) is 13.8. The number of hydrogen-bond donors (Lipinski definition) is 3. The van der Waals surface area contributed by atoms with E-state index in [1.165, 1.54) is 11.1 Å². The van der Waals surface area contributed by atoms with Gasteiger partial charge in [0, 0.05) is 6.54 Å². The second kappa shape index (κ2) is 6.40. The van der Waals surface area contributed by atoms with Gasteiger partial charge in [-0.25, -0.2) is 4.79 Å². The maximum atomic E-state index is 11.6. The monoisotopic (exact) mass is 250 g/mol. The zero-order valence-corrected chi connectivity index (χ0v) is 11.4. The molecule has 4 nitrogen and oxygen atoms in total. The van der Waals surface area contributed by atoms with Gasteiger partial charge in [0.2, 0.25) is 0 Å². The lowest BCUT2D eigenvalue weighted by Gasteiger charge is -2.19. The van der Waals surface area contributed by atoms with E-state index in [2.05, 4.69) is 10.6 Å². The van der Waals surface area contributed by atoms with Crippen molar-refractivity contribution in [3.63, 3.8) is 0 Å². The molecule has 4 heteroatoms. The average molecular weight is 250 g/mol. The van der Waals surface area contributed by atoms with Crippen molar-refractivity contribution in [1.82, 2.24) is 10.6 Å². The first kappa shape index (κ1) is 14.5. The van der Waals surface area contributed by atoms with Crippen LogP contribution in [0.2, 0.25) is 0 Å². The molecule has 0 aromatic heterocycles. The van der Waals surface area contributed by atoms with Crippen molar-refractivity contribution in [2.24, 2.45) is 0 Å². The van der Waals surface area contributed by atoms with Crippen molar-refractivity contribution >= 4 is 6.03 Å². The van der Waals surface area contributed by atoms with Gasteiger partial charge in [-0.1, -0.05) is 18.2 Å². The third kappa shape index (κ3) is 4.04. The fourth-order valence-electron chi connectivity index (χ4n) is 2.07. The minimum Gasteiger partial charge on any atom is -0.392 e. The Kier molecular flexibility index (Phi) is 5.16. The van der Waals surface area contributed by atoms with E-state index in [-0.39, 0.29) is 18.6 Å². The number of aliphatic hydroxyl groups excluding tert-OH is 1. The van der Waals surface area contributed by atoms with Crippen molar-refractivity contribution in [1.29, 1.82) is 0 Å². The summed E-state index contributed by atoms with van der Waals surface area (Å²) in [6, 6.07) is 5.77. The molecule has 0 saturated heterocycles. The number of nitrogens with one attached hydrogen (secondary N) is 2. The second-order valence-corrected chi connectivity index (χ2v) is 4.73. The van der Waals surface area contributed by atoms with E-state index in [1.54, 1.807) is 6.92 Å². The first-order valence-corrected chi connectivity index (χ1v) is 6.20. The van der Waals surface area contributed by atoms with Gasteiger partial charge in [-0.2, -0.15) is 0 Å². The first-order valence-electron chi connectivity index (χ1n) is 6.20. The Balaban J connectivity index is 2.65. The number of hydrogen-bond acceptors (Lipinski definition) is 2. The molecular formula is C14H22N2O2. The highest BCUT2D eigenvalue weighted by atomic mass is 16.3. The van der Waals surface area contributed by atoms with E-state index >= 15 is 0 Å². The lowest BCUT2D eigenvalue weighted by atomic mass is 9.97. The molecular weight excluding hydrogens is 228 g/mol. The predicted octanol–water partition coefficient (Wildman–Crippen LogP) is 2.04. The van der Waals surface area contributed by atoms with Crippen molar-refractivity contribution in [2.75, 3.05) is 6.54 Å². The molecule has 100 valence electrons. The number of benzene rings is 1. The molecule has 2 amide bonds. The second-order valence-electron chi connectivity index (χ2n) is 4.73. The number of aryl methyl sites for hydroxylation is 2. The summed E-state index contributed by atoms with van der Waals surface area (Å²) in [4.78, 5) is 11.6. The van der Waals surface area contributed by atoms with Gasteiger partial charge in [0.1, 0.15) is 0 Å². The van der Waals surface area contributed by atoms with Crippen LogP contribution in [0.5, 0.6) is 0 Å². The molecule has 0 spiro atoms. The quantitative estimate of drug-likeness (QED) is 0.766. The highest BCUT2D eigenvalue weighted by molar-refractivity contribution is 5.74. The first-order chi connectivity index (χ1) is 8.41. The summed E-state index contributed by atoms with van der Waals surface area (Å²) in [7, 11) is 0. The Hall–Kier alpha value is -1.55. The molecule has 0 radical (unpaired) electrons. The Morgan fingerprint density at radius 2 is 1.83 bits per heavy atom. The average Bonchev–Trinajstić information content (AvgIpc) is 2.26. The summed E-state index contributed by atoms with van der Waals surface area (Å²) < 4.78 is 0. The molecule has 18 heavy (non-hydrogen) atoms. The van der Waals surface area contributed by atoms with Gasteiger partial charge in [-0.05, 0) is 44.4 Å². The van der Waals surface area contributed by atoms with Crippen LogP contribution in [0.25, 0.3) is 0 Å². The van der Waals surface area contributed by atoms with E-state index in [0.29, 0.717) is 0 Å². The van der Waals surface area contributed by atoms with E-state index in [9.17, 15) is 4.79 Å². The van der Waals surface area contributed by atoms with E-state index in [4.69, 9.17) is 5.11 Å². The van der Waals surface area contributed by atoms with Crippen LogP contribution in [0.15, 0.2) is 18.2 Å². The number of aliphatic hydroxyl groups is 1. The standard InChI is InChI=1S/C14H22N2O2/c1-9-6-5-7-10(2)13(9)12(4)16-14(18)15-8-11(3)17/h5-7,11-12,17H,8H2,1-4H3,(H2,15,16,18)/t11-,12?/m1/s1. The van der Waals surface area contributed by atoms with Crippen molar-refractivity contribution in [2.45, 2.75) is 39.8 Å². The Morgan fingerprint density at radius 1 is 1.28 bits per heavy atom. The van der Waals surface area contributed by atoms with Crippen LogP contribution in [-0.2, 0) is 0 Å². The van der Waals surface area contributed by atoms with Crippen molar-refractivity contribution in [3.05, 3.63) is 34.9 Å². The molecule has 0 fully saturated rings. The maximum Gasteiger partial charge on any atom is 0.315 e. The summed E-state index contributed by atoms with van der Waals surface area (Å²) >= 11 is 0. The number of rotatable bonds is 4. The van der Waals surface area contributed by atoms with Gasteiger partial charge >= 0.3 is 6.03 Å². The van der Waals surface area contributed by atoms with Gasteiger partial charge in [-0.15, -0.1) is 0 Å². The van der Waals surface area contributed by atoms with Crippen LogP contribution in [0.1, 0.15) is 36.6 Å². The van der Waals surface area contributed by atoms with Crippen molar-refractivity contribution in [3.8, 4) is 0 Å². The molecule has 1 aromatic rings. The molecule has 2 atom stereocenters. The van der Waals surface area contributed by atoms with Gasteiger partial charge in [0.05, 0.1) is 12.1 Å². The van der Waals surface area contributed by atoms with Gasteiger partial charge in [0.15, 0.2) is 0 Å². The van der Waals surface area contributed by atoms with Crippen LogP contribution in [-0.4, -0.2) is 23.8 Å². The number of carbonyl (C=O) groups excluding carboxylic acids is 1. The van der Waals surface area contributed by atoms with Crippen LogP contribution in [0, 0.1) is 13.8 Å². The molecule has 0 aliphatic rings. The SMILES string of the molecule is Cc1cccc(C)c1C(C)NC(=O)NC[C@@H](C)O. The third-order valence-electron chi connectivity index (χ3n) is 2.88. The Morgan fingerprint density at radius 3 is 2.33 bits per heavy atom. The van der Waals surface area contributed by atoms with Gasteiger partial charge < -0.3 is 15.7 Å². The molecule has 1 aromatic carbocycles. The van der Waals surface area contributed by atoms with E-state index in [0.717, 1.165) is 5.56 Å². The molecule has 1 rings (SSSR count). The lowest BCUT2D eigenvalue weighted by Crippen LogP contribution is -2.40.